The van der Waals surface area contributed by atoms with Crippen molar-refractivity contribution in [2.24, 2.45) is 0 Å². The number of para-hydroxylation sites is 1. The van der Waals surface area contributed by atoms with Crippen molar-refractivity contribution in [2.45, 2.75) is 11.4 Å². The maximum atomic E-state index is 12.5. The third-order valence-corrected chi connectivity index (χ3v) is 5.82. The molecule has 0 saturated carbocycles. The fourth-order valence-electron chi connectivity index (χ4n) is 1.74. The van der Waals surface area contributed by atoms with Crippen molar-refractivity contribution in [2.75, 3.05) is 14.2 Å². The summed E-state index contributed by atoms with van der Waals surface area (Å²) in [4.78, 5) is 1.05. The van der Waals surface area contributed by atoms with Crippen LogP contribution in [0.5, 0.6) is 5.75 Å². The molecule has 108 valence electrons. The highest BCUT2D eigenvalue weighted by atomic mass is 35.5. The first-order chi connectivity index (χ1) is 9.45. The Morgan fingerprint density at radius 2 is 1.95 bits per heavy atom. The minimum Gasteiger partial charge on any atom is -0.495 e. The molecule has 0 spiro atoms. The zero-order valence-electron chi connectivity index (χ0n) is 11.0. The molecule has 0 aliphatic heterocycles. The zero-order chi connectivity index (χ0) is 14.8. The number of thiophene rings is 1. The lowest BCUT2D eigenvalue weighted by atomic mass is 10.3. The molecule has 0 bridgehead atoms. The fraction of sp³-hybridized carbons (Fsp3) is 0.231. The second-order valence-corrected chi connectivity index (χ2v) is 7.93. The van der Waals surface area contributed by atoms with Crippen molar-refractivity contribution in [3.05, 3.63) is 45.6 Å². The summed E-state index contributed by atoms with van der Waals surface area (Å²) in [6, 6.07) is 10.1. The number of benzene rings is 1. The van der Waals surface area contributed by atoms with Crippen LogP contribution in [-0.4, -0.2) is 26.9 Å². The summed E-state index contributed by atoms with van der Waals surface area (Å²) < 4.78 is 32.1. The second kappa shape index (κ2) is 6.13. The third kappa shape index (κ3) is 3.15. The van der Waals surface area contributed by atoms with Gasteiger partial charge in [-0.1, -0.05) is 23.7 Å². The summed E-state index contributed by atoms with van der Waals surface area (Å²) in [5.74, 6) is 0.337. The number of sulfonamides is 1. The normalized spacial score (nSPS) is 11.8. The monoisotopic (exact) mass is 331 g/mol. The third-order valence-electron chi connectivity index (χ3n) is 2.76. The number of methoxy groups -OCH3 is 1. The van der Waals surface area contributed by atoms with Crippen molar-refractivity contribution in [3.8, 4) is 5.75 Å². The quantitative estimate of drug-likeness (QED) is 0.845. The highest BCUT2D eigenvalue weighted by molar-refractivity contribution is 7.89. The van der Waals surface area contributed by atoms with E-state index in [1.165, 1.54) is 35.9 Å². The van der Waals surface area contributed by atoms with Crippen molar-refractivity contribution >= 4 is 33.0 Å². The SMILES string of the molecule is COc1ccccc1S(=O)(=O)N(C)Cc1ccc(Cl)s1. The molecule has 0 fully saturated rings. The van der Waals surface area contributed by atoms with Crippen LogP contribution in [0.15, 0.2) is 41.3 Å². The van der Waals surface area contributed by atoms with E-state index >= 15 is 0 Å². The van der Waals surface area contributed by atoms with Gasteiger partial charge in [0.1, 0.15) is 10.6 Å². The molecular weight excluding hydrogens is 318 g/mol. The van der Waals surface area contributed by atoms with Gasteiger partial charge < -0.3 is 4.74 Å². The topological polar surface area (TPSA) is 46.6 Å². The molecule has 1 aromatic carbocycles. The first-order valence-corrected chi connectivity index (χ1v) is 8.42. The van der Waals surface area contributed by atoms with Gasteiger partial charge >= 0.3 is 0 Å². The Balaban J connectivity index is 2.29. The Bertz CT molecular complexity index is 697. The Hall–Kier alpha value is -1.08. The number of ether oxygens (including phenoxy) is 1. The first-order valence-electron chi connectivity index (χ1n) is 5.78. The minimum atomic E-state index is -3.60. The van der Waals surface area contributed by atoms with Crippen LogP contribution in [0.4, 0.5) is 0 Å². The molecule has 0 aliphatic carbocycles. The van der Waals surface area contributed by atoms with Gasteiger partial charge in [-0.2, -0.15) is 4.31 Å². The van der Waals surface area contributed by atoms with Gasteiger partial charge in [-0.15, -0.1) is 11.3 Å². The van der Waals surface area contributed by atoms with Crippen molar-refractivity contribution in [3.63, 3.8) is 0 Å². The smallest absolute Gasteiger partial charge is 0.246 e. The van der Waals surface area contributed by atoms with Gasteiger partial charge in [0, 0.05) is 18.5 Å². The highest BCUT2D eigenvalue weighted by Gasteiger charge is 2.24. The van der Waals surface area contributed by atoms with Crippen LogP contribution in [0, 0.1) is 0 Å². The van der Waals surface area contributed by atoms with Crippen LogP contribution in [0.3, 0.4) is 0 Å². The van der Waals surface area contributed by atoms with E-state index < -0.39 is 10.0 Å². The van der Waals surface area contributed by atoms with Crippen LogP contribution in [0.25, 0.3) is 0 Å². The van der Waals surface area contributed by atoms with Gasteiger partial charge in [0.2, 0.25) is 10.0 Å². The molecule has 0 amide bonds. The van der Waals surface area contributed by atoms with Crippen molar-refractivity contribution < 1.29 is 13.2 Å². The highest BCUT2D eigenvalue weighted by Crippen LogP contribution is 2.28. The molecule has 2 aromatic rings. The molecule has 7 heteroatoms. The van der Waals surface area contributed by atoms with Crippen molar-refractivity contribution in [1.29, 1.82) is 0 Å². The first kappa shape index (κ1) is 15.3. The van der Waals surface area contributed by atoms with E-state index in [2.05, 4.69) is 0 Å². The van der Waals surface area contributed by atoms with Gasteiger partial charge in [-0.25, -0.2) is 8.42 Å². The van der Waals surface area contributed by atoms with E-state index in [4.69, 9.17) is 16.3 Å². The zero-order valence-corrected chi connectivity index (χ0v) is 13.4. The fourth-order valence-corrected chi connectivity index (χ4v) is 4.26. The number of hydrogen-bond donors (Lipinski definition) is 0. The van der Waals surface area contributed by atoms with Crippen LogP contribution >= 0.6 is 22.9 Å². The average molecular weight is 332 g/mol. The Morgan fingerprint density at radius 1 is 1.25 bits per heavy atom. The molecule has 0 atom stereocenters. The van der Waals surface area contributed by atoms with Gasteiger partial charge in [0.25, 0.3) is 0 Å². The van der Waals surface area contributed by atoms with Crippen molar-refractivity contribution in [1.82, 2.24) is 4.31 Å². The Kier molecular flexibility index (Phi) is 4.70. The number of nitrogens with zero attached hydrogens (tertiary/aromatic N) is 1. The lowest BCUT2D eigenvalue weighted by molar-refractivity contribution is 0.398. The largest absolute Gasteiger partial charge is 0.495 e. The molecular formula is C13H14ClNO3S2. The predicted octanol–water partition coefficient (Wildman–Crippen LogP) is 3.23. The van der Waals surface area contributed by atoms with Gasteiger partial charge in [-0.05, 0) is 24.3 Å². The number of hydrogen-bond acceptors (Lipinski definition) is 4. The Labute approximate surface area is 127 Å². The maximum Gasteiger partial charge on any atom is 0.246 e. The molecule has 20 heavy (non-hydrogen) atoms. The molecule has 0 unspecified atom stereocenters. The lowest BCUT2D eigenvalue weighted by Gasteiger charge is -2.18. The molecule has 4 nitrogen and oxygen atoms in total. The molecule has 2 rings (SSSR count). The van der Waals surface area contributed by atoms with Gasteiger partial charge in [0.15, 0.2) is 0 Å². The van der Waals surface area contributed by atoms with Crippen LogP contribution < -0.4 is 4.74 Å². The summed E-state index contributed by atoms with van der Waals surface area (Å²) in [6.07, 6.45) is 0. The van der Waals surface area contributed by atoms with E-state index in [-0.39, 0.29) is 11.4 Å². The van der Waals surface area contributed by atoms with Crippen LogP contribution in [0.2, 0.25) is 4.34 Å². The predicted molar refractivity (Wildman–Crippen MR) is 81.0 cm³/mol. The minimum absolute atomic E-state index is 0.160. The van der Waals surface area contributed by atoms with E-state index in [1.54, 1.807) is 24.3 Å². The standard InChI is InChI=1S/C13H14ClNO3S2/c1-15(9-10-7-8-13(14)19-10)20(16,17)12-6-4-3-5-11(12)18-2/h3-8H,9H2,1-2H3. The van der Waals surface area contributed by atoms with Gasteiger partial charge in [-0.3, -0.25) is 0 Å². The summed E-state index contributed by atoms with van der Waals surface area (Å²) in [6.45, 7) is 0.276. The average Bonchev–Trinajstić information content (AvgIpc) is 2.84. The summed E-state index contributed by atoms with van der Waals surface area (Å²) >= 11 is 7.22. The lowest BCUT2D eigenvalue weighted by Crippen LogP contribution is -2.26. The van der Waals surface area contributed by atoms with E-state index in [0.717, 1.165) is 4.88 Å². The van der Waals surface area contributed by atoms with E-state index in [0.29, 0.717) is 10.1 Å². The maximum absolute atomic E-state index is 12.5. The Morgan fingerprint density at radius 3 is 2.55 bits per heavy atom. The van der Waals surface area contributed by atoms with Crippen LogP contribution in [0.1, 0.15) is 4.88 Å². The second-order valence-electron chi connectivity index (χ2n) is 4.12. The van der Waals surface area contributed by atoms with Crippen LogP contribution in [-0.2, 0) is 16.6 Å². The molecule has 0 radical (unpaired) electrons. The van der Waals surface area contributed by atoms with E-state index in [1.807, 2.05) is 6.07 Å². The number of halogens is 1. The van der Waals surface area contributed by atoms with Gasteiger partial charge in [0.05, 0.1) is 11.4 Å². The molecule has 0 aliphatic rings. The summed E-state index contributed by atoms with van der Waals surface area (Å²) in [7, 11) is -0.610. The molecule has 1 aromatic heterocycles. The van der Waals surface area contributed by atoms with E-state index in [9.17, 15) is 8.42 Å². The summed E-state index contributed by atoms with van der Waals surface area (Å²) in [5, 5.41) is 0. The number of rotatable bonds is 5. The molecule has 0 N–H and O–H groups in total. The molecule has 0 saturated heterocycles. The summed E-state index contributed by atoms with van der Waals surface area (Å²) in [5.41, 5.74) is 0. The molecule has 1 heterocycles.